The van der Waals surface area contributed by atoms with Crippen LogP contribution >= 0.6 is 0 Å². The average molecular weight is 386 g/mol. The maximum Gasteiger partial charge on any atom is 0.221 e. The number of unbranched alkanes of at least 4 members (excludes halogenated alkanes) is 14. The maximum atomic E-state index is 11.9. The van der Waals surface area contributed by atoms with Crippen molar-refractivity contribution in [3.8, 4) is 0 Å². The highest BCUT2D eigenvalue weighted by Gasteiger charge is 2.11. The van der Waals surface area contributed by atoms with Gasteiger partial charge in [0.25, 0.3) is 0 Å². The van der Waals surface area contributed by atoms with E-state index in [1.807, 2.05) is 14.1 Å². The monoisotopic (exact) mass is 385 g/mol. The van der Waals surface area contributed by atoms with Crippen molar-refractivity contribution in [3.05, 3.63) is 0 Å². The molecule has 4 heteroatoms. The summed E-state index contributed by atoms with van der Waals surface area (Å²) in [7, 11) is 4.03. The van der Waals surface area contributed by atoms with E-state index in [4.69, 9.17) is 0 Å². The molecule has 0 saturated carbocycles. The number of rotatable bonds is 19. The molecule has 0 aliphatic heterocycles. The number of hydrogen-bond acceptors (Lipinski definition) is 3. The molecule has 0 radical (unpaired) electrons. The van der Waals surface area contributed by atoms with Gasteiger partial charge in [-0.3, -0.25) is 9.69 Å². The van der Waals surface area contributed by atoms with Gasteiger partial charge >= 0.3 is 0 Å². The molecule has 0 aliphatic rings. The predicted molar refractivity (Wildman–Crippen MR) is 120 cm³/mol. The van der Waals surface area contributed by atoms with E-state index in [9.17, 15) is 4.79 Å². The lowest BCUT2D eigenvalue weighted by atomic mass is 10.0. The SMILES string of the molecule is CCCCCCCCCCCCCCCCCC(=O)NC(CC)N(C)C.N. The molecular formula is C23H51N3O. The Morgan fingerprint density at radius 3 is 1.41 bits per heavy atom. The van der Waals surface area contributed by atoms with Crippen molar-refractivity contribution in [2.24, 2.45) is 0 Å². The first-order valence-corrected chi connectivity index (χ1v) is 11.6. The maximum absolute atomic E-state index is 11.9. The Morgan fingerprint density at radius 1 is 0.704 bits per heavy atom. The smallest absolute Gasteiger partial charge is 0.221 e. The topological polar surface area (TPSA) is 67.3 Å². The number of carbonyl (C=O) groups excluding carboxylic acids is 1. The van der Waals surface area contributed by atoms with Gasteiger partial charge in [-0.05, 0) is 26.9 Å². The van der Waals surface area contributed by atoms with Crippen LogP contribution in [-0.4, -0.2) is 31.1 Å². The lowest BCUT2D eigenvalue weighted by Crippen LogP contribution is -2.44. The van der Waals surface area contributed by atoms with Crippen LogP contribution in [0.5, 0.6) is 0 Å². The van der Waals surface area contributed by atoms with Gasteiger partial charge in [0.05, 0.1) is 6.17 Å². The summed E-state index contributed by atoms with van der Waals surface area (Å²) in [6.07, 6.45) is 22.3. The van der Waals surface area contributed by atoms with Gasteiger partial charge < -0.3 is 11.5 Å². The molecule has 0 aromatic heterocycles. The molecule has 1 unspecified atom stereocenters. The van der Waals surface area contributed by atoms with E-state index in [0.29, 0.717) is 6.42 Å². The Balaban J connectivity index is 0. The average Bonchev–Trinajstić information content (AvgIpc) is 2.62. The number of nitrogens with one attached hydrogen (secondary N) is 1. The van der Waals surface area contributed by atoms with Gasteiger partial charge in [-0.2, -0.15) is 0 Å². The zero-order chi connectivity index (χ0) is 19.5. The van der Waals surface area contributed by atoms with Gasteiger partial charge in [-0.1, -0.05) is 104 Å². The Labute approximate surface area is 170 Å². The minimum Gasteiger partial charge on any atom is -0.344 e. The second-order valence-corrected chi connectivity index (χ2v) is 8.15. The molecule has 0 spiro atoms. The van der Waals surface area contributed by atoms with E-state index < -0.39 is 0 Å². The summed E-state index contributed by atoms with van der Waals surface area (Å²) < 4.78 is 0. The van der Waals surface area contributed by atoms with Crippen molar-refractivity contribution >= 4 is 5.91 Å². The first kappa shape index (κ1) is 28.6. The molecule has 0 aromatic rings. The Kier molecular flexibility index (Phi) is 23.0. The van der Waals surface area contributed by atoms with Gasteiger partial charge in [0.1, 0.15) is 0 Å². The van der Waals surface area contributed by atoms with Crippen molar-refractivity contribution in [1.29, 1.82) is 0 Å². The van der Waals surface area contributed by atoms with Gasteiger partial charge in [-0.15, -0.1) is 0 Å². The quantitative estimate of drug-likeness (QED) is 0.189. The third-order valence-electron chi connectivity index (χ3n) is 5.35. The van der Waals surface area contributed by atoms with E-state index in [-0.39, 0.29) is 18.2 Å². The summed E-state index contributed by atoms with van der Waals surface area (Å²) >= 11 is 0. The van der Waals surface area contributed by atoms with Crippen molar-refractivity contribution in [1.82, 2.24) is 16.4 Å². The lowest BCUT2D eigenvalue weighted by molar-refractivity contribution is -0.123. The van der Waals surface area contributed by atoms with Crippen molar-refractivity contribution in [3.63, 3.8) is 0 Å². The minimum atomic E-state index is 0. The summed E-state index contributed by atoms with van der Waals surface area (Å²) in [5.74, 6) is 0.209. The Bertz CT molecular complexity index is 308. The molecule has 0 fully saturated rings. The molecule has 4 nitrogen and oxygen atoms in total. The van der Waals surface area contributed by atoms with E-state index in [1.54, 1.807) is 0 Å². The molecule has 0 saturated heterocycles. The zero-order valence-corrected chi connectivity index (χ0v) is 19.2. The number of nitrogens with zero attached hydrogens (tertiary/aromatic N) is 1. The fourth-order valence-electron chi connectivity index (χ4n) is 3.51. The second kappa shape index (κ2) is 21.7. The zero-order valence-electron chi connectivity index (χ0n) is 19.2. The highest BCUT2D eigenvalue weighted by atomic mass is 16.1. The minimum absolute atomic E-state index is 0. The molecule has 0 rings (SSSR count). The highest BCUT2D eigenvalue weighted by Crippen LogP contribution is 2.13. The van der Waals surface area contributed by atoms with Crippen LogP contribution in [0, 0.1) is 0 Å². The standard InChI is InChI=1S/C23H48N2O.H3N/c1-5-7-8-9-10-11-12-13-14-15-16-17-18-19-20-21-23(26)24-22(6-2)25(3)4;/h22H,5-21H2,1-4H3,(H,24,26);1H3. The summed E-state index contributed by atoms with van der Waals surface area (Å²) in [5, 5.41) is 3.10. The van der Waals surface area contributed by atoms with E-state index >= 15 is 0 Å². The van der Waals surface area contributed by atoms with E-state index in [2.05, 4.69) is 24.1 Å². The van der Waals surface area contributed by atoms with Crippen LogP contribution in [0.2, 0.25) is 0 Å². The van der Waals surface area contributed by atoms with Crippen molar-refractivity contribution < 1.29 is 4.79 Å². The highest BCUT2D eigenvalue weighted by molar-refractivity contribution is 5.76. The van der Waals surface area contributed by atoms with Crippen LogP contribution in [0.15, 0.2) is 0 Å². The predicted octanol–water partition coefficient (Wildman–Crippen LogP) is 6.82. The normalized spacial score (nSPS) is 12.0. The molecule has 1 amide bonds. The molecular weight excluding hydrogens is 334 g/mol. The molecule has 0 bridgehead atoms. The van der Waals surface area contributed by atoms with E-state index in [0.717, 1.165) is 12.8 Å². The van der Waals surface area contributed by atoms with Crippen LogP contribution in [-0.2, 0) is 4.79 Å². The first-order valence-electron chi connectivity index (χ1n) is 11.6. The lowest BCUT2D eigenvalue weighted by Gasteiger charge is -2.23. The van der Waals surface area contributed by atoms with Gasteiger partial charge in [-0.25, -0.2) is 0 Å². The third-order valence-corrected chi connectivity index (χ3v) is 5.35. The number of hydrogen-bond donors (Lipinski definition) is 2. The molecule has 27 heavy (non-hydrogen) atoms. The fourth-order valence-corrected chi connectivity index (χ4v) is 3.51. The van der Waals surface area contributed by atoms with Crippen LogP contribution < -0.4 is 11.5 Å². The number of amides is 1. The summed E-state index contributed by atoms with van der Waals surface area (Å²) in [4.78, 5) is 14.0. The van der Waals surface area contributed by atoms with Crippen molar-refractivity contribution in [2.75, 3.05) is 14.1 Å². The molecule has 0 heterocycles. The summed E-state index contributed by atoms with van der Waals surface area (Å²) in [6.45, 7) is 4.39. The van der Waals surface area contributed by atoms with E-state index in [1.165, 1.54) is 89.9 Å². The molecule has 0 aliphatic carbocycles. The second-order valence-electron chi connectivity index (χ2n) is 8.15. The Hall–Kier alpha value is -0.610. The van der Waals surface area contributed by atoms with Gasteiger partial charge in [0.15, 0.2) is 0 Å². The Morgan fingerprint density at radius 2 is 1.07 bits per heavy atom. The van der Waals surface area contributed by atoms with Crippen LogP contribution in [0.25, 0.3) is 0 Å². The van der Waals surface area contributed by atoms with Gasteiger partial charge in [0, 0.05) is 6.42 Å². The molecule has 0 aromatic carbocycles. The molecule has 1 atom stereocenters. The summed E-state index contributed by atoms with van der Waals surface area (Å²) in [6, 6.07) is 0. The molecule has 164 valence electrons. The third kappa shape index (κ3) is 19.9. The summed E-state index contributed by atoms with van der Waals surface area (Å²) in [5.41, 5.74) is 0. The first-order chi connectivity index (χ1) is 12.6. The van der Waals surface area contributed by atoms with Crippen LogP contribution in [0.1, 0.15) is 123 Å². The molecule has 4 N–H and O–H groups in total. The van der Waals surface area contributed by atoms with Crippen LogP contribution in [0.4, 0.5) is 0 Å². The number of carbonyl (C=O) groups is 1. The largest absolute Gasteiger partial charge is 0.344 e. The fraction of sp³-hybridized carbons (Fsp3) is 0.957. The van der Waals surface area contributed by atoms with Crippen molar-refractivity contribution in [2.45, 2.75) is 129 Å². The van der Waals surface area contributed by atoms with Gasteiger partial charge in [0.2, 0.25) is 5.91 Å². The van der Waals surface area contributed by atoms with Crippen LogP contribution in [0.3, 0.4) is 0 Å².